The largest absolute Gasteiger partial charge is 0.396 e. The Morgan fingerprint density at radius 2 is 1.79 bits per heavy atom. The maximum Gasteiger partial charge on any atom is 0.0502 e. The van der Waals surface area contributed by atoms with Gasteiger partial charge in [0.05, 0.1) is 6.61 Å². The van der Waals surface area contributed by atoms with E-state index in [1.54, 1.807) is 0 Å². The van der Waals surface area contributed by atoms with Gasteiger partial charge in [0.25, 0.3) is 0 Å². The van der Waals surface area contributed by atoms with E-state index < -0.39 is 0 Å². The maximum atomic E-state index is 9.73. The zero-order valence-corrected chi connectivity index (χ0v) is 12.2. The molecule has 1 atom stereocenters. The summed E-state index contributed by atoms with van der Waals surface area (Å²) in [6.07, 6.45) is 3.50. The molecule has 2 nitrogen and oxygen atoms in total. The van der Waals surface area contributed by atoms with Gasteiger partial charge >= 0.3 is 0 Å². The van der Waals surface area contributed by atoms with Crippen molar-refractivity contribution >= 4 is 0 Å². The molecule has 1 aromatic carbocycles. The first-order chi connectivity index (χ1) is 9.20. The van der Waals surface area contributed by atoms with Crippen LogP contribution in [0.25, 0.3) is 0 Å². The SMILES string of the molecule is CC(C)Cc1ccc(C(CO)C2CCNCC2)cc1. The summed E-state index contributed by atoms with van der Waals surface area (Å²) >= 11 is 0. The number of rotatable bonds is 5. The third-order valence-electron chi connectivity index (χ3n) is 4.20. The fourth-order valence-corrected chi connectivity index (χ4v) is 3.15. The van der Waals surface area contributed by atoms with Gasteiger partial charge in [-0.15, -0.1) is 0 Å². The lowest BCUT2D eigenvalue weighted by Crippen LogP contribution is -2.32. The van der Waals surface area contributed by atoms with Crippen molar-refractivity contribution in [3.05, 3.63) is 35.4 Å². The summed E-state index contributed by atoms with van der Waals surface area (Å²) in [7, 11) is 0. The van der Waals surface area contributed by atoms with Crippen molar-refractivity contribution in [2.45, 2.75) is 39.0 Å². The molecule has 0 amide bonds. The minimum Gasteiger partial charge on any atom is -0.396 e. The van der Waals surface area contributed by atoms with Crippen LogP contribution in [0.3, 0.4) is 0 Å². The molecule has 0 saturated carbocycles. The number of hydrogen-bond acceptors (Lipinski definition) is 2. The van der Waals surface area contributed by atoms with Gasteiger partial charge in [-0.2, -0.15) is 0 Å². The Balaban J connectivity index is 2.05. The second-order valence-corrected chi connectivity index (χ2v) is 6.22. The van der Waals surface area contributed by atoms with Gasteiger partial charge in [0.1, 0.15) is 0 Å². The molecule has 1 aromatic rings. The van der Waals surface area contributed by atoms with Gasteiger partial charge in [0.2, 0.25) is 0 Å². The Morgan fingerprint density at radius 1 is 1.16 bits per heavy atom. The molecule has 0 aromatic heterocycles. The van der Waals surface area contributed by atoms with Gasteiger partial charge in [-0.05, 0) is 55.3 Å². The predicted molar refractivity (Wildman–Crippen MR) is 80.4 cm³/mol. The molecular weight excluding hydrogens is 234 g/mol. The summed E-state index contributed by atoms with van der Waals surface area (Å²) in [5.74, 6) is 1.64. The van der Waals surface area contributed by atoms with Crippen molar-refractivity contribution in [2.75, 3.05) is 19.7 Å². The number of aliphatic hydroxyl groups is 1. The van der Waals surface area contributed by atoms with Crippen LogP contribution in [0.15, 0.2) is 24.3 Å². The van der Waals surface area contributed by atoms with Crippen molar-refractivity contribution < 1.29 is 5.11 Å². The predicted octanol–water partition coefficient (Wildman–Crippen LogP) is 2.96. The van der Waals surface area contributed by atoms with Gasteiger partial charge in [-0.1, -0.05) is 38.1 Å². The lowest BCUT2D eigenvalue weighted by atomic mass is 9.80. The monoisotopic (exact) mass is 261 g/mol. The highest BCUT2D eigenvalue weighted by molar-refractivity contribution is 5.26. The molecule has 19 heavy (non-hydrogen) atoms. The Hall–Kier alpha value is -0.860. The van der Waals surface area contributed by atoms with Crippen LogP contribution < -0.4 is 5.32 Å². The number of benzene rings is 1. The molecule has 1 aliphatic heterocycles. The Kier molecular flexibility index (Phi) is 5.41. The first kappa shape index (κ1) is 14.5. The van der Waals surface area contributed by atoms with Crippen molar-refractivity contribution in [3.8, 4) is 0 Å². The molecule has 1 heterocycles. The number of aliphatic hydroxyl groups excluding tert-OH is 1. The molecule has 1 saturated heterocycles. The summed E-state index contributed by atoms with van der Waals surface area (Å²) in [5.41, 5.74) is 2.71. The number of hydrogen-bond donors (Lipinski definition) is 2. The molecular formula is C17H27NO. The Bertz CT molecular complexity index is 365. The molecule has 0 bridgehead atoms. The van der Waals surface area contributed by atoms with Crippen LogP contribution in [0, 0.1) is 11.8 Å². The highest BCUT2D eigenvalue weighted by Gasteiger charge is 2.24. The van der Waals surface area contributed by atoms with Crippen LogP contribution in [-0.4, -0.2) is 24.8 Å². The van der Waals surface area contributed by atoms with Gasteiger partial charge < -0.3 is 10.4 Å². The number of nitrogens with one attached hydrogen (secondary N) is 1. The van der Waals surface area contributed by atoms with Crippen LogP contribution in [0.1, 0.15) is 43.7 Å². The molecule has 1 aliphatic rings. The molecule has 2 N–H and O–H groups in total. The van der Waals surface area contributed by atoms with E-state index in [9.17, 15) is 5.11 Å². The van der Waals surface area contributed by atoms with Crippen LogP contribution in [0.2, 0.25) is 0 Å². The Labute approximate surface area is 117 Å². The van der Waals surface area contributed by atoms with Crippen molar-refractivity contribution in [2.24, 2.45) is 11.8 Å². The topological polar surface area (TPSA) is 32.3 Å². The van der Waals surface area contributed by atoms with E-state index in [1.807, 2.05) is 0 Å². The first-order valence-corrected chi connectivity index (χ1v) is 7.61. The van der Waals surface area contributed by atoms with E-state index in [1.165, 1.54) is 24.0 Å². The van der Waals surface area contributed by atoms with Crippen molar-refractivity contribution in [1.82, 2.24) is 5.32 Å². The maximum absolute atomic E-state index is 9.73. The summed E-state index contributed by atoms with van der Waals surface area (Å²) < 4.78 is 0. The molecule has 1 unspecified atom stereocenters. The van der Waals surface area contributed by atoms with E-state index in [4.69, 9.17) is 0 Å². The first-order valence-electron chi connectivity index (χ1n) is 7.61. The van der Waals surface area contributed by atoms with Crippen LogP contribution >= 0.6 is 0 Å². The fourth-order valence-electron chi connectivity index (χ4n) is 3.15. The van der Waals surface area contributed by atoms with E-state index in [2.05, 4.69) is 43.4 Å². The highest BCUT2D eigenvalue weighted by atomic mass is 16.3. The fraction of sp³-hybridized carbons (Fsp3) is 0.647. The molecule has 0 spiro atoms. The highest BCUT2D eigenvalue weighted by Crippen LogP contribution is 2.30. The lowest BCUT2D eigenvalue weighted by molar-refractivity contribution is 0.201. The second-order valence-electron chi connectivity index (χ2n) is 6.22. The lowest BCUT2D eigenvalue weighted by Gasteiger charge is -2.30. The van der Waals surface area contributed by atoms with E-state index in [0.29, 0.717) is 17.8 Å². The van der Waals surface area contributed by atoms with Crippen LogP contribution in [-0.2, 0) is 6.42 Å². The average molecular weight is 261 g/mol. The summed E-state index contributed by atoms with van der Waals surface area (Å²) in [5, 5.41) is 13.1. The molecule has 0 aliphatic carbocycles. The Morgan fingerprint density at radius 3 is 2.32 bits per heavy atom. The summed E-state index contributed by atoms with van der Waals surface area (Å²) in [6, 6.07) is 8.92. The van der Waals surface area contributed by atoms with E-state index >= 15 is 0 Å². The summed E-state index contributed by atoms with van der Waals surface area (Å²) in [6.45, 7) is 6.95. The van der Waals surface area contributed by atoms with Crippen LogP contribution in [0.4, 0.5) is 0 Å². The second kappa shape index (κ2) is 7.06. The van der Waals surface area contributed by atoms with Crippen LogP contribution in [0.5, 0.6) is 0 Å². The van der Waals surface area contributed by atoms with Crippen molar-refractivity contribution in [1.29, 1.82) is 0 Å². The minimum absolute atomic E-state index is 0.272. The quantitative estimate of drug-likeness (QED) is 0.854. The number of piperidine rings is 1. The normalized spacial score (nSPS) is 18.7. The third-order valence-corrected chi connectivity index (χ3v) is 4.20. The van der Waals surface area contributed by atoms with Gasteiger partial charge in [0, 0.05) is 5.92 Å². The van der Waals surface area contributed by atoms with Crippen molar-refractivity contribution in [3.63, 3.8) is 0 Å². The molecule has 2 rings (SSSR count). The molecule has 1 fully saturated rings. The van der Waals surface area contributed by atoms with Gasteiger partial charge in [-0.3, -0.25) is 0 Å². The smallest absolute Gasteiger partial charge is 0.0502 e. The van der Waals surface area contributed by atoms with E-state index in [0.717, 1.165) is 19.5 Å². The third kappa shape index (κ3) is 4.05. The molecule has 2 heteroatoms. The zero-order chi connectivity index (χ0) is 13.7. The molecule has 0 radical (unpaired) electrons. The van der Waals surface area contributed by atoms with Gasteiger partial charge in [0.15, 0.2) is 0 Å². The average Bonchev–Trinajstić information content (AvgIpc) is 2.42. The van der Waals surface area contributed by atoms with Gasteiger partial charge in [-0.25, -0.2) is 0 Å². The standard InChI is InChI=1S/C17H27NO/c1-13(2)11-14-3-5-15(6-4-14)17(12-19)16-7-9-18-10-8-16/h3-6,13,16-19H,7-12H2,1-2H3. The zero-order valence-electron chi connectivity index (χ0n) is 12.2. The summed E-state index contributed by atoms with van der Waals surface area (Å²) in [4.78, 5) is 0. The van der Waals surface area contributed by atoms with E-state index in [-0.39, 0.29) is 6.61 Å². The molecule has 106 valence electrons. The minimum atomic E-state index is 0.272.